The van der Waals surface area contributed by atoms with Crippen LogP contribution in [0.1, 0.15) is 6.92 Å². The van der Waals surface area contributed by atoms with Crippen molar-refractivity contribution in [3.63, 3.8) is 0 Å². The highest BCUT2D eigenvalue weighted by molar-refractivity contribution is 5.84. The molecule has 0 aliphatic carbocycles. The second-order valence-electron chi connectivity index (χ2n) is 4.05. The Hall–Kier alpha value is -1.61. The maximum Gasteiger partial charge on any atom is 0.463 e. The average Bonchev–Trinajstić information content (AvgIpc) is 2.37. The summed E-state index contributed by atoms with van der Waals surface area (Å²) >= 11 is 0. The molecule has 1 fully saturated rings. The van der Waals surface area contributed by atoms with Crippen LogP contribution in [0.5, 0.6) is 0 Å². The van der Waals surface area contributed by atoms with Crippen molar-refractivity contribution < 1.29 is 36.3 Å². The van der Waals surface area contributed by atoms with Gasteiger partial charge in [-0.1, -0.05) is 0 Å². The van der Waals surface area contributed by atoms with Crippen LogP contribution in [0.15, 0.2) is 0 Å². The van der Waals surface area contributed by atoms with Crippen molar-refractivity contribution in [2.24, 2.45) is 0 Å². The van der Waals surface area contributed by atoms with Gasteiger partial charge in [-0.2, -0.15) is 22.0 Å². The highest BCUT2D eigenvalue weighted by Gasteiger charge is 2.64. The lowest BCUT2D eigenvalue weighted by molar-refractivity contribution is -0.274. The molecule has 0 atom stereocenters. The van der Waals surface area contributed by atoms with Crippen molar-refractivity contribution in [3.8, 4) is 0 Å². The fourth-order valence-electron chi connectivity index (χ4n) is 1.63. The fourth-order valence-corrected chi connectivity index (χ4v) is 1.63. The van der Waals surface area contributed by atoms with Crippen molar-refractivity contribution in [2.75, 3.05) is 32.8 Å². The van der Waals surface area contributed by atoms with Crippen LogP contribution in [0.2, 0.25) is 0 Å². The number of hydrogen-bond donors (Lipinski definition) is 0. The summed E-state index contributed by atoms with van der Waals surface area (Å²) < 4.78 is 66.6. The third kappa shape index (κ3) is 3.28. The number of amides is 2. The Morgan fingerprint density at radius 3 is 1.85 bits per heavy atom. The van der Waals surface area contributed by atoms with Gasteiger partial charge in [0, 0.05) is 26.2 Å². The first-order valence-corrected chi connectivity index (χ1v) is 5.77. The van der Waals surface area contributed by atoms with E-state index in [0.29, 0.717) is 4.90 Å². The monoisotopic (exact) mass is 304 g/mol. The first kappa shape index (κ1) is 16.4. The topological polar surface area (TPSA) is 49.9 Å². The van der Waals surface area contributed by atoms with Crippen LogP contribution in [0.4, 0.5) is 26.7 Å². The van der Waals surface area contributed by atoms with E-state index in [1.54, 1.807) is 6.92 Å². The number of halogens is 5. The minimum absolute atomic E-state index is 0.115. The predicted octanol–water partition coefficient (Wildman–Crippen LogP) is 1.48. The van der Waals surface area contributed by atoms with Gasteiger partial charge < -0.3 is 14.5 Å². The molecule has 0 spiro atoms. The minimum atomic E-state index is -5.93. The largest absolute Gasteiger partial charge is 0.463 e. The molecule has 0 unspecified atom stereocenters. The Labute approximate surface area is 111 Å². The SMILES string of the molecule is CCOC(=O)N1CCN(C(=O)C(F)(F)C(F)(F)F)CC1. The lowest BCUT2D eigenvalue weighted by Gasteiger charge is -2.35. The summed E-state index contributed by atoms with van der Waals surface area (Å²) in [6, 6.07) is 0. The smallest absolute Gasteiger partial charge is 0.450 e. The number of rotatable bonds is 2. The van der Waals surface area contributed by atoms with Crippen LogP contribution >= 0.6 is 0 Å². The summed E-state index contributed by atoms with van der Waals surface area (Å²) in [7, 11) is 0. The third-order valence-corrected chi connectivity index (χ3v) is 2.72. The molecule has 5 nitrogen and oxygen atoms in total. The van der Waals surface area contributed by atoms with Crippen LogP contribution in [0, 0.1) is 0 Å². The Kier molecular flexibility index (Phi) is 4.77. The molecule has 0 N–H and O–H groups in total. The molecule has 10 heteroatoms. The Morgan fingerprint density at radius 1 is 1.00 bits per heavy atom. The maximum absolute atomic E-state index is 12.9. The fraction of sp³-hybridized carbons (Fsp3) is 0.800. The van der Waals surface area contributed by atoms with E-state index in [2.05, 4.69) is 4.74 Å². The van der Waals surface area contributed by atoms with Crippen LogP contribution in [-0.2, 0) is 9.53 Å². The zero-order valence-electron chi connectivity index (χ0n) is 10.5. The molecule has 0 aromatic carbocycles. The lowest BCUT2D eigenvalue weighted by atomic mass is 10.2. The Balaban J connectivity index is 2.62. The van der Waals surface area contributed by atoms with Crippen molar-refractivity contribution >= 4 is 12.0 Å². The van der Waals surface area contributed by atoms with E-state index in [0.717, 1.165) is 4.90 Å². The normalized spacial score (nSPS) is 17.1. The van der Waals surface area contributed by atoms with E-state index < -0.39 is 37.2 Å². The third-order valence-electron chi connectivity index (χ3n) is 2.72. The molecule has 20 heavy (non-hydrogen) atoms. The van der Waals surface area contributed by atoms with E-state index in [4.69, 9.17) is 0 Å². The van der Waals surface area contributed by atoms with Crippen LogP contribution in [0.25, 0.3) is 0 Å². The molecule has 1 heterocycles. The summed E-state index contributed by atoms with van der Waals surface area (Å²) in [4.78, 5) is 24.0. The van der Waals surface area contributed by atoms with E-state index in [1.165, 1.54) is 0 Å². The van der Waals surface area contributed by atoms with Crippen molar-refractivity contribution in [1.82, 2.24) is 9.80 Å². The number of carbonyl (C=O) groups excluding carboxylic acids is 2. The molecule has 1 rings (SSSR count). The van der Waals surface area contributed by atoms with Gasteiger partial charge in [0.25, 0.3) is 0 Å². The van der Waals surface area contributed by atoms with Gasteiger partial charge in [-0.15, -0.1) is 0 Å². The second kappa shape index (κ2) is 5.80. The Morgan fingerprint density at radius 2 is 1.45 bits per heavy atom. The first-order valence-electron chi connectivity index (χ1n) is 5.77. The lowest BCUT2D eigenvalue weighted by Crippen LogP contribution is -2.58. The zero-order chi connectivity index (χ0) is 15.6. The van der Waals surface area contributed by atoms with Crippen LogP contribution < -0.4 is 0 Å². The predicted molar refractivity (Wildman–Crippen MR) is 56.2 cm³/mol. The van der Waals surface area contributed by atoms with Gasteiger partial charge in [0.1, 0.15) is 0 Å². The van der Waals surface area contributed by atoms with Crippen LogP contribution in [-0.4, -0.2) is 66.7 Å². The molecule has 0 radical (unpaired) electrons. The van der Waals surface area contributed by atoms with Crippen molar-refractivity contribution in [2.45, 2.75) is 19.0 Å². The molecule has 0 bridgehead atoms. The Bertz CT molecular complexity index is 378. The average molecular weight is 304 g/mol. The van der Waals surface area contributed by atoms with Crippen LogP contribution in [0.3, 0.4) is 0 Å². The van der Waals surface area contributed by atoms with E-state index in [1.807, 2.05) is 0 Å². The van der Waals surface area contributed by atoms with E-state index >= 15 is 0 Å². The molecule has 116 valence electrons. The summed E-state index contributed by atoms with van der Waals surface area (Å²) in [5.74, 6) is -7.72. The number of piperazine rings is 1. The van der Waals surface area contributed by atoms with Gasteiger partial charge >= 0.3 is 24.1 Å². The van der Waals surface area contributed by atoms with Gasteiger partial charge in [-0.3, -0.25) is 4.79 Å². The van der Waals surface area contributed by atoms with Gasteiger partial charge in [0.15, 0.2) is 0 Å². The molecule has 1 aliphatic heterocycles. The second-order valence-corrected chi connectivity index (χ2v) is 4.05. The standard InChI is InChI=1S/C10H13F5N2O3/c1-2-20-8(19)17-5-3-16(4-6-17)7(18)9(11,12)10(13,14)15/h2-6H2,1H3. The summed E-state index contributed by atoms with van der Waals surface area (Å²) in [5, 5.41) is 0. The van der Waals surface area contributed by atoms with Gasteiger partial charge in [0.05, 0.1) is 6.61 Å². The molecule has 0 aromatic heterocycles. The number of nitrogens with zero attached hydrogens (tertiary/aromatic N) is 2. The highest BCUT2D eigenvalue weighted by atomic mass is 19.4. The molecule has 0 saturated carbocycles. The molecule has 1 aliphatic rings. The molecule has 2 amide bonds. The van der Waals surface area contributed by atoms with Gasteiger partial charge in [-0.05, 0) is 6.92 Å². The minimum Gasteiger partial charge on any atom is -0.450 e. The number of carbonyl (C=O) groups is 2. The summed E-state index contributed by atoms with van der Waals surface area (Å²) in [6.45, 7) is 0.579. The molecular weight excluding hydrogens is 291 g/mol. The molecule has 0 aromatic rings. The maximum atomic E-state index is 12.9. The number of hydrogen-bond acceptors (Lipinski definition) is 3. The highest BCUT2D eigenvalue weighted by Crippen LogP contribution is 2.37. The van der Waals surface area contributed by atoms with Crippen molar-refractivity contribution in [3.05, 3.63) is 0 Å². The summed E-state index contributed by atoms with van der Waals surface area (Å²) in [5.41, 5.74) is 0. The van der Waals surface area contributed by atoms with Gasteiger partial charge in [0.2, 0.25) is 0 Å². The number of alkyl halides is 5. The first-order chi connectivity index (χ1) is 9.11. The van der Waals surface area contributed by atoms with Crippen molar-refractivity contribution in [1.29, 1.82) is 0 Å². The number of ether oxygens (including phenoxy) is 1. The zero-order valence-corrected chi connectivity index (χ0v) is 10.5. The summed E-state index contributed by atoms with van der Waals surface area (Å²) in [6.07, 6.45) is -6.62. The quantitative estimate of drug-likeness (QED) is 0.726. The van der Waals surface area contributed by atoms with E-state index in [-0.39, 0.29) is 19.7 Å². The molecule has 1 saturated heterocycles. The molecular formula is C10H13F5N2O3. The van der Waals surface area contributed by atoms with E-state index in [9.17, 15) is 31.5 Å². The van der Waals surface area contributed by atoms with Gasteiger partial charge in [-0.25, -0.2) is 4.79 Å².